The van der Waals surface area contributed by atoms with Crippen molar-refractivity contribution in [3.63, 3.8) is 0 Å². The second kappa shape index (κ2) is 9.87. The zero-order valence-electron chi connectivity index (χ0n) is 15.2. The number of halogens is 2. The SMILES string of the molecule is C=C(Cc1ccc(C)nc1)N(CCC)CC(C)c1cncc(F)c1.F.[HH]. The van der Waals surface area contributed by atoms with Gasteiger partial charge in [-0.15, -0.1) is 0 Å². The molecule has 0 aliphatic rings. The van der Waals surface area contributed by atoms with Gasteiger partial charge in [0.25, 0.3) is 0 Å². The standard InChI is InChI=1S/C20H26FN3.FH.H2/c1-5-8-24(14-15(2)19-10-20(21)13-22-12-19)17(4)9-18-7-6-16(3)23-11-18;;/h6-7,10-13,15H,4-5,8-9,14H2,1-3H3;2*1H. The van der Waals surface area contributed by atoms with E-state index in [2.05, 4.69) is 41.4 Å². The largest absolute Gasteiger partial charge is 0.374 e. The smallest absolute Gasteiger partial charge is 0.141 e. The van der Waals surface area contributed by atoms with Crippen LogP contribution in [-0.2, 0) is 6.42 Å². The molecule has 0 saturated carbocycles. The number of nitrogens with zero attached hydrogens (tertiary/aromatic N) is 3. The van der Waals surface area contributed by atoms with Crippen LogP contribution in [0.3, 0.4) is 0 Å². The van der Waals surface area contributed by atoms with Crippen LogP contribution in [0.2, 0.25) is 0 Å². The van der Waals surface area contributed by atoms with Crippen molar-refractivity contribution in [2.75, 3.05) is 13.1 Å². The van der Waals surface area contributed by atoms with Crippen molar-refractivity contribution >= 4 is 0 Å². The average Bonchev–Trinajstić information content (AvgIpc) is 2.56. The molecule has 2 aromatic rings. The number of hydrogen-bond acceptors (Lipinski definition) is 3. The molecule has 0 saturated heterocycles. The van der Waals surface area contributed by atoms with E-state index in [1.807, 2.05) is 19.2 Å². The molecule has 0 radical (unpaired) electrons. The quantitative estimate of drug-likeness (QED) is 0.679. The molecule has 0 amide bonds. The van der Waals surface area contributed by atoms with Crippen LogP contribution in [0.5, 0.6) is 0 Å². The highest BCUT2D eigenvalue weighted by atomic mass is 19.1. The molecule has 1 unspecified atom stereocenters. The Morgan fingerprint density at radius 1 is 1.32 bits per heavy atom. The molecular formula is C20H29F2N3. The summed E-state index contributed by atoms with van der Waals surface area (Å²) in [5.41, 5.74) is 4.16. The first-order chi connectivity index (χ1) is 11.5. The van der Waals surface area contributed by atoms with Gasteiger partial charge in [0.1, 0.15) is 5.82 Å². The van der Waals surface area contributed by atoms with E-state index in [4.69, 9.17) is 0 Å². The third-order valence-corrected chi connectivity index (χ3v) is 4.11. The van der Waals surface area contributed by atoms with E-state index in [0.717, 1.165) is 48.4 Å². The molecule has 0 fully saturated rings. The van der Waals surface area contributed by atoms with Gasteiger partial charge in [-0.05, 0) is 36.6 Å². The number of allylic oxidation sites excluding steroid dienone is 1. The lowest BCUT2D eigenvalue weighted by Crippen LogP contribution is -2.28. The van der Waals surface area contributed by atoms with Crippen LogP contribution in [0.4, 0.5) is 9.09 Å². The number of pyridine rings is 2. The molecule has 0 bridgehead atoms. The Balaban J connectivity index is 0.00000312. The molecule has 0 aliphatic heterocycles. The molecule has 0 spiro atoms. The Morgan fingerprint density at radius 2 is 2.08 bits per heavy atom. The molecule has 0 aromatic carbocycles. The van der Waals surface area contributed by atoms with Crippen LogP contribution < -0.4 is 0 Å². The Bertz CT molecular complexity index is 677. The molecular weight excluding hydrogens is 320 g/mol. The van der Waals surface area contributed by atoms with E-state index in [-0.39, 0.29) is 17.9 Å². The van der Waals surface area contributed by atoms with Gasteiger partial charge in [0.05, 0.1) is 6.20 Å². The molecule has 3 nitrogen and oxygen atoms in total. The second-order valence-electron chi connectivity index (χ2n) is 6.33. The fraction of sp³-hybridized carbons (Fsp3) is 0.400. The van der Waals surface area contributed by atoms with Gasteiger partial charge >= 0.3 is 0 Å². The highest BCUT2D eigenvalue weighted by Crippen LogP contribution is 2.20. The van der Waals surface area contributed by atoms with Gasteiger partial charge in [-0.2, -0.15) is 0 Å². The van der Waals surface area contributed by atoms with E-state index >= 15 is 0 Å². The molecule has 25 heavy (non-hydrogen) atoms. The van der Waals surface area contributed by atoms with Gasteiger partial charge in [-0.1, -0.05) is 26.5 Å². The van der Waals surface area contributed by atoms with Crippen LogP contribution in [0.1, 0.15) is 44.4 Å². The minimum Gasteiger partial charge on any atom is -0.374 e. The summed E-state index contributed by atoms with van der Waals surface area (Å²) in [6, 6.07) is 5.68. The van der Waals surface area contributed by atoms with Gasteiger partial charge < -0.3 is 4.90 Å². The molecule has 0 N–H and O–H groups in total. The fourth-order valence-electron chi connectivity index (χ4n) is 2.73. The first kappa shape index (κ1) is 20.7. The molecule has 5 heteroatoms. The van der Waals surface area contributed by atoms with Crippen LogP contribution in [0, 0.1) is 12.7 Å². The maximum atomic E-state index is 13.4. The lowest BCUT2D eigenvalue weighted by molar-refractivity contribution is 0.321. The third kappa shape index (κ3) is 6.25. The van der Waals surface area contributed by atoms with Gasteiger partial charge in [0.2, 0.25) is 0 Å². The lowest BCUT2D eigenvalue weighted by Gasteiger charge is -2.29. The fourth-order valence-corrected chi connectivity index (χ4v) is 2.73. The van der Waals surface area contributed by atoms with Crippen molar-refractivity contribution in [2.24, 2.45) is 0 Å². The second-order valence-corrected chi connectivity index (χ2v) is 6.33. The van der Waals surface area contributed by atoms with Gasteiger partial charge in [-0.25, -0.2) is 4.39 Å². The Morgan fingerprint density at radius 3 is 2.68 bits per heavy atom. The van der Waals surface area contributed by atoms with Crippen LogP contribution in [0.25, 0.3) is 0 Å². The molecule has 2 aromatic heterocycles. The monoisotopic (exact) mass is 349 g/mol. The topological polar surface area (TPSA) is 29.0 Å². The molecule has 138 valence electrons. The summed E-state index contributed by atoms with van der Waals surface area (Å²) in [4.78, 5) is 10.6. The highest BCUT2D eigenvalue weighted by molar-refractivity contribution is 5.20. The summed E-state index contributed by atoms with van der Waals surface area (Å²) in [5, 5.41) is 0. The van der Waals surface area contributed by atoms with E-state index in [9.17, 15) is 4.39 Å². The van der Waals surface area contributed by atoms with Crippen LogP contribution >= 0.6 is 0 Å². The summed E-state index contributed by atoms with van der Waals surface area (Å²) in [5.74, 6) is -0.0985. The molecule has 0 aliphatic carbocycles. The number of hydrogen-bond donors (Lipinski definition) is 0. The molecule has 1 atom stereocenters. The van der Waals surface area contributed by atoms with Crippen molar-refractivity contribution in [1.29, 1.82) is 0 Å². The summed E-state index contributed by atoms with van der Waals surface area (Å²) >= 11 is 0. The maximum absolute atomic E-state index is 13.4. The normalized spacial score (nSPS) is 11.5. The maximum Gasteiger partial charge on any atom is 0.141 e. The van der Waals surface area contributed by atoms with Crippen LogP contribution in [0.15, 0.2) is 49.1 Å². The highest BCUT2D eigenvalue weighted by Gasteiger charge is 2.14. The van der Waals surface area contributed by atoms with Crippen molar-refractivity contribution < 1.29 is 10.5 Å². The van der Waals surface area contributed by atoms with Crippen molar-refractivity contribution in [3.05, 3.63) is 71.7 Å². The zero-order chi connectivity index (χ0) is 17.5. The van der Waals surface area contributed by atoms with Crippen molar-refractivity contribution in [2.45, 2.75) is 39.5 Å². The van der Waals surface area contributed by atoms with Crippen LogP contribution in [-0.4, -0.2) is 28.0 Å². The number of aromatic nitrogens is 2. The minimum atomic E-state index is -0.286. The first-order valence-electron chi connectivity index (χ1n) is 8.44. The molecule has 2 rings (SSSR count). The summed E-state index contributed by atoms with van der Waals surface area (Å²) in [6.07, 6.45) is 6.71. The van der Waals surface area contributed by atoms with E-state index < -0.39 is 0 Å². The summed E-state index contributed by atoms with van der Waals surface area (Å²) in [7, 11) is 0. The van der Waals surface area contributed by atoms with E-state index in [1.54, 1.807) is 12.3 Å². The summed E-state index contributed by atoms with van der Waals surface area (Å²) in [6.45, 7) is 12.2. The summed E-state index contributed by atoms with van der Waals surface area (Å²) < 4.78 is 13.4. The van der Waals surface area contributed by atoms with E-state index in [0.29, 0.717) is 0 Å². The Kier molecular flexibility index (Phi) is 8.19. The number of rotatable bonds is 8. The first-order valence-corrected chi connectivity index (χ1v) is 8.44. The van der Waals surface area contributed by atoms with Crippen molar-refractivity contribution in [1.82, 2.24) is 14.9 Å². The Hall–Kier alpha value is -2.30. The predicted molar refractivity (Wildman–Crippen MR) is 101 cm³/mol. The minimum absolute atomic E-state index is 0. The van der Waals surface area contributed by atoms with Gasteiger partial charge in [0.15, 0.2) is 0 Å². The molecule has 2 heterocycles. The van der Waals surface area contributed by atoms with Gasteiger partial charge in [0, 0.05) is 50.6 Å². The van der Waals surface area contributed by atoms with E-state index in [1.165, 1.54) is 6.20 Å². The average molecular weight is 349 g/mol. The number of aryl methyl sites for hydroxylation is 1. The van der Waals surface area contributed by atoms with Crippen molar-refractivity contribution in [3.8, 4) is 0 Å². The third-order valence-electron chi connectivity index (χ3n) is 4.11. The predicted octanol–water partition coefficient (Wildman–Crippen LogP) is 4.89. The zero-order valence-corrected chi connectivity index (χ0v) is 15.2. The lowest BCUT2D eigenvalue weighted by atomic mass is 10.0. The van der Waals surface area contributed by atoms with Gasteiger partial charge in [-0.3, -0.25) is 14.7 Å². The Labute approximate surface area is 150 Å².